The van der Waals surface area contributed by atoms with Gasteiger partial charge in [0.1, 0.15) is 17.8 Å². The average molecular weight is 493 g/mol. The summed E-state index contributed by atoms with van der Waals surface area (Å²) in [6.45, 7) is 4.01. The van der Waals surface area contributed by atoms with E-state index in [1.54, 1.807) is 0 Å². The molecular formula is C30H32N6O. The number of H-pyrrole nitrogens is 1. The van der Waals surface area contributed by atoms with Gasteiger partial charge in [-0.2, -0.15) is 4.98 Å². The van der Waals surface area contributed by atoms with E-state index in [0.717, 1.165) is 29.1 Å². The number of aromatic nitrogens is 4. The molecule has 0 amide bonds. The molecular weight excluding hydrogens is 460 g/mol. The van der Waals surface area contributed by atoms with Crippen LogP contribution in [-0.4, -0.2) is 31.2 Å². The van der Waals surface area contributed by atoms with Gasteiger partial charge in [-0.15, -0.1) is 0 Å². The SMILES string of the molecule is CC1(C)Oc2ncnc(N)c2N=C1c1ccc([C@H]2CC[C@H](Cc3cnc(-c4ccccc4)[nH]3)CC2)cc1. The molecule has 1 saturated carbocycles. The van der Waals surface area contributed by atoms with Crippen LogP contribution in [-0.2, 0) is 6.42 Å². The maximum absolute atomic E-state index is 6.13. The molecule has 2 aromatic carbocycles. The van der Waals surface area contributed by atoms with E-state index in [0.29, 0.717) is 29.2 Å². The first-order valence-electron chi connectivity index (χ1n) is 13.0. The average Bonchev–Trinajstić information content (AvgIpc) is 3.38. The molecule has 7 heteroatoms. The Bertz CT molecular complexity index is 1420. The lowest BCUT2D eigenvalue weighted by atomic mass is 9.77. The number of benzene rings is 2. The highest BCUT2D eigenvalue weighted by molar-refractivity contribution is 6.09. The molecule has 0 unspecified atom stereocenters. The number of anilines is 1. The Morgan fingerprint density at radius 3 is 2.43 bits per heavy atom. The smallest absolute Gasteiger partial charge is 0.246 e. The molecule has 7 nitrogen and oxygen atoms in total. The third kappa shape index (κ3) is 4.73. The van der Waals surface area contributed by atoms with Gasteiger partial charge in [0.05, 0.1) is 5.71 Å². The third-order valence-corrected chi connectivity index (χ3v) is 7.65. The fourth-order valence-corrected chi connectivity index (χ4v) is 5.63. The fourth-order valence-electron chi connectivity index (χ4n) is 5.63. The summed E-state index contributed by atoms with van der Waals surface area (Å²) in [7, 11) is 0. The normalized spacial score (nSPS) is 20.5. The zero-order chi connectivity index (χ0) is 25.4. The molecule has 0 saturated heterocycles. The van der Waals surface area contributed by atoms with E-state index in [1.807, 2.05) is 38.2 Å². The number of aromatic amines is 1. The number of nitrogens with two attached hydrogens (primary N) is 1. The van der Waals surface area contributed by atoms with Gasteiger partial charge in [-0.05, 0) is 63.4 Å². The van der Waals surface area contributed by atoms with Crippen LogP contribution in [0, 0.1) is 5.92 Å². The second-order valence-electron chi connectivity index (χ2n) is 10.7. The minimum Gasteiger partial charge on any atom is -0.463 e. The van der Waals surface area contributed by atoms with Crippen molar-refractivity contribution in [3.05, 3.63) is 83.9 Å². The number of nitrogens with zero attached hydrogens (tertiary/aromatic N) is 4. The molecule has 0 bridgehead atoms. The maximum atomic E-state index is 6.13. The van der Waals surface area contributed by atoms with E-state index in [2.05, 4.69) is 56.3 Å². The summed E-state index contributed by atoms with van der Waals surface area (Å²) in [6, 6.07) is 19.1. The molecule has 0 spiro atoms. The second-order valence-corrected chi connectivity index (χ2v) is 10.7. The topological polar surface area (TPSA) is 102 Å². The highest BCUT2D eigenvalue weighted by atomic mass is 16.5. The quantitative estimate of drug-likeness (QED) is 0.342. The monoisotopic (exact) mass is 492 g/mol. The Balaban J connectivity index is 1.10. The summed E-state index contributed by atoms with van der Waals surface area (Å²) in [6.07, 6.45) is 9.36. The van der Waals surface area contributed by atoms with Gasteiger partial charge in [0.2, 0.25) is 5.88 Å². The first-order valence-corrected chi connectivity index (χ1v) is 13.0. The van der Waals surface area contributed by atoms with Gasteiger partial charge in [0.15, 0.2) is 11.5 Å². The molecule has 2 aromatic heterocycles. The van der Waals surface area contributed by atoms with Crippen molar-refractivity contribution in [1.82, 2.24) is 19.9 Å². The molecule has 1 aliphatic heterocycles. The van der Waals surface area contributed by atoms with E-state index >= 15 is 0 Å². The molecule has 0 atom stereocenters. The molecule has 37 heavy (non-hydrogen) atoms. The lowest BCUT2D eigenvalue weighted by Crippen LogP contribution is -2.41. The van der Waals surface area contributed by atoms with Crippen molar-refractivity contribution in [1.29, 1.82) is 0 Å². The summed E-state index contributed by atoms with van der Waals surface area (Å²) in [5.41, 5.74) is 11.6. The number of rotatable bonds is 5. The highest BCUT2D eigenvalue weighted by Gasteiger charge is 2.35. The van der Waals surface area contributed by atoms with Crippen LogP contribution >= 0.6 is 0 Å². The standard InChI is InChI=1S/C30H32N6O/c1-30(2)26(36-25-27(31)33-18-34-29(25)37-30)22-14-12-21(13-15-22)20-10-8-19(9-11-20)16-24-17-32-28(35-24)23-6-4-3-5-7-23/h3-7,12-15,17-20H,8-11,16H2,1-2H3,(H,32,35)(H2,31,33,34)/t19-,20-. The van der Waals surface area contributed by atoms with Crippen LogP contribution in [0.1, 0.15) is 62.3 Å². The maximum Gasteiger partial charge on any atom is 0.246 e. The van der Waals surface area contributed by atoms with E-state index in [4.69, 9.17) is 15.5 Å². The zero-order valence-electron chi connectivity index (χ0n) is 21.3. The Hall–Kier alpha value is -4.00. The molecule has 3 N–H and O–H groups in total. The van der Waals surface area contributed by atoms with Gasteiger partial charge >= 0.3 is 0 Å². The summed E-state index contributed by atoms with van der Waals surface area (Å²) in [4.78, 5) is 21.2. The lowest BCUT2D eigenvalue weighted by Gasteiger charge is -2.32. The van der Waals surface area contributed by atoms with Gasteiger partial charge in [0.25, 0.3) is 0 Å². The van der Waals surface area contributed by atoms with Crippen LogP contribution in [0.2, 0.25) is 0 Å². The van der Waals surface area contributed by atoms with Crippen molar-refractivity contribution >= 4 is 17.2 Å². The van der Waals surface area contributed by atoms with Crippen molar-refractivity contribution in [3.8, 4) is 17.3 Å². The number of hydrogen-bond acceptors (Lipinski definition) is 6. The third-order valence-electron chi connectivity index (χ3n) is 7.65. The lowest BCUT2D eigenvalue weighted by molar-refractivity contribution is 0.171. The summed E-state index contributed by atoms with van der Waals surface area (Å²) in [5.74, 6) is 3.01. The Morgan fingerprint density at radius 2 is 1.68 bits per heavy atom. The second kappa shape index (κ2) is 9.47. The number of fused-ring (bicyclic) bond motifs is 1. The zero-order valence-corrected chi connectivity index (χ0v) is 21.3. The largest absolute Gasteiger partial charge is 0.463 e. The fraction of sp³-hybridized carbons (Fsp3) is 0.333. The number of nitrogens with one attached hydrogen (secondary N) is 1. The first-order chi connectivity index (χ1) is 18.0. The molecule has 1 aliphatic carbocycles. The van der Waals surface area contributed by atoms with Crippen LogP contribution in [0.25, 0.3) is 11.4 Å². The van der Waals surface area contributed by atoms with Gasteiger partial charge in [-0.1, -0.05) is 54.6 Å². The van der Waals surface area contributed by atoms with E-state index in [9.17, 15) is 0 Å². The predicted molar refractivity (Wildman–Crippen MR) is 146 cm³/mol. The van der Waals surface area contributed by atoms with Crippen molar-refractivity contribution in [2.45, 2.75) is 57.5 Å². The molecule has 0 radical (unpaired) electrons. The van der Waals surface area contributed by atoms with Gasteiger partial charge in [0, 0.05) is 23.0 Å². The molecule has 188 valence electrons. The Kier molecular flexibility index (Phi) is 5.99. The molecule has 1 fully saturated rings. The van der Waals surface area contributed by atoms with Crippen LogP contribution in [0.3, 0.4) is 0 Å². The predicted octanol–water partition coefficient (Wildman–Crippen LogP) is 6.26. The number of hydrogen-bond donors (Lipinski definition) is 2. The Morgan fingerprint density at radius 1 is 0.919 bits per heavy atom. The number of ether oxygens (including phenoxy) is 1. The van der Waals surface area contributed by atoms with Crippen LogP contribution in [0.15, 0.2) is 72.1 Å². The van der Waals surface area contributed by atoms with Crippen LogP contribution in [0.5, 0.6) is 5.88 Å². The number of nitrogen functional groups attached to an aromatic ring is 1. The summed E-state index contributed by atoms with van der Waals surface area (Å²) >= 11 is 0. The summed E-state index contributed by atoms with van der Waals surface area (Å²) < 4.78 is 6.13. The van der Waals surface area contributed by atoms with Crippen molar-refractivity contribution < 1.29 is 4.74 Å². The van der Waals surface area contributed by atoms with Crippen LogP contribution < -0.4 is 10.5 Å². The van der Waals surface area contributed by atoms with E-state index < -0.39 is 5.60 Å². The van der Waals surface area contributed by atoms with Gasteiger partial charge < -0.3 is 15.5 Å². The van der Waals surface area contributed by atoms with Gasteiger partial charge in [-0.3, -0.25) is 0 Å². The van der Waals surface area contributed by atoms with Gasteiger partial charge in [-0.25, -0.2) is 15.0 Å². The molecule has 2 aliphatic rings. The van der Waals surface area contributed by atoms with Crippen molar-refractivity contribution in [2.24, 2.45) is 10.9 Å². The summed E-state index contributed by atoms with van der Waals surface area (Å²) in [5, 5.41) is 0. The van der Waals surface area contributed by atoms with E-state index in [1.165, 1.54) is 43.3 Å². The van der Waals surface area contributed by atoms with E-state index in [-0.39, 0.29) is 0 Å². The minimum atomic E-state index is -0.611. The van der Waals surface area contributed by atoms with Crippen molar-refractivity contribution in [2.75, 3.05) is 5.73 Å². The molecule has 4 aromatic rings. The molecule has 3 heterocycles. The van der Waals surface area contributed by atoms with Crippen LogP contribution in [0.4, 0.5) is 11.5 Å². The highest BCUT2D eigenvalue weighted by Crippen LogP contribution is 2.40. The molecule has 6 rings (SSSR count). The minimum absolute atomic E-state index is 0.331. The number of aliphatic imine (C=N–C) groups is 1. The number of imidazole rings is 1. The Labute approximate surface area is 217 Å². The van der Waals surface area contributed by atoms with Crippen molar-refractivity contribution in [3.63, 3.8) is 0 Å². The first kappa shape index (κ1) is 23.4.